The van der Waals surface area contributed by atoms with E-state index < -0.39 is 10.0 Å². The highest BCUT2D eigenvalue weighted by Gasteiger charge is 2.33. The third-order valence-corrected chi connectivity index (χ3v) is 5.25. The molecule has 7 heteroatoms. The van der Waals surface area contributed by atoms with Gasteiger partial charge in [-0.15, -0.1) is 12.4 Å². The molecule has 1 fully saturated rings. The van der Waals surface area contributed by atoms with Crippen molar-refractivity contribution < 1.29 is 8.42 Å². The number of hydrogen-bond donors (Lipinski definition) is 1. The van der Waals surface area contributed by atoms with Crippen molar-refractivity contribution in [3.8, 4) is 6.07 Å². The van der Waals surface area contributed by atoms with E-state index in [9.17, 15) is 8.42 Å². The van der Waals surface area contributed by atoms with Crippen LogP contribution >= 0.6 is 12.4 Å². The predicted octanol–water partition coefficient (Wildman–Crippen LogP) is 1.35. The maximum Gasteiger partial charge on any atom is 0.243 e. The number of rotatable bonds is 2. The van der Waals surface area contributed by atoms with Gasteiger partial charge >= 0.3 is 0 Å². The zero-order valence-corrected chi connectivity index (χ0v) is 13.0. The van der Waals surface area contributed by atoms with Crippen molar-refractivity contribution in [2.75, 3.05) is 13.1 Å². The summed E-state index contributed by atoms with van der Waals surface area (Å²) in [7, 11) is -3.53. The standard InChI is InChI=1S/C13H17N3O2S.ClH/c1-10-9-16(11(2)8-15-10)19(17,18)13-5-3-4-12(6-13)7-14;/h3-6,10-11,15H,8-9H2,1-2H3;1H. The van der Waals surface area contributed by atoms with E-state index in [4.69, 9.17) is 5.26 Å². The molecule has 0 bridgehead atoms. The average Bonchev–Trinajstić information content (AvgIpc) is 2.41. The van der Waals surface area contributed by atoms with E-state index in [1.54, 1.807) is 12.1 Å². The van der Waals surface area contributed by atoms with Gasteiger partial charge in [-0.2, -0.15) is 9.57 Å². The summed E-state index contributed by atoms with van der Waals surface area (Å²) in [5.74, 6) is 0. The molecule has 5 nitrogen and oxygen atoms in total. The minimum atomic E-state index is -3.53. The van der Waals surface area contributed by atoms with Crippen LogP contribution in [0.3, 0.4) is 0 Å². The summed E-state index contributed by atoms with van der Waals surface area (Å²) in [6, 6.07) is 8.17. The number of halogens is 1. The Morgan fingerprint density at radius 1 is 1.40 bits per heavy atom. The van der Waals surface area contributed by atoms with Gasteiger partial charge in [0.15, 0.2) is 0 Å². The Balaban J connectivity index is 0.00000200. The number of nitriles is 1. The Morgan fingerprint density at radius 3 is 2.75 bits per heavy atom. The van der Waals surface area contributed by atoms with E-state index in [1.807, 2.05) is 19.9 Å². The fourth-order valence-electron chi connectivity index (χ4n) is 2.18. The number of sulfonamides is 1. The van der Waals surface area contributed by atoms with Crippen molar-refractivity contribution in [3.05, 3.63) is 29.8 Å². The Kier molecular flexibility index (Phi) is 5.54. The van der Waals surface area contributed by atoms with Crippen LogP contribution in [0.2, 0.25) is 0 Å². The first-order valence-electron chi connectivity index (χ1n) is 6.20. The molecule has 110 valence electrons. The average molecular weight is 316 g/mol. The van der Waals surface area contributed by atoms with Gasteiger partial charge in [0.05, 0.1) is 16.5 Å². The lowest BCUT2D eigenvalue weighted by molar-refractivity contribution is 0.244. The Labute approximate surface area is 126 Å². The number of nitrogens with zero attached hydrogens (tertiary/aromatic N) is 2. The molecule has 0 aromatic heterocycles. The summed E-state index contributed by atoms with van der Waals surface area (Å²) in [6.07, 6.45) is 0. The van der Waals surface area contributed by atoms with Gasteiger partial charge < -0.3 is 5.32 Å². The molecule has 1 heterocycles. The fourth-order valence-corrected chi connectivity index (χ4v) is 3.95. The third-order valence-electron chi connectivity index (χ3n) is 3.28. The minimum absolute atomic E-state index is 0. The van der Waals surface area contributed by atoms with Crippen molar-refractivity contribution in [3.63, 3.8) is 0 Å². The molecule has 2 rings (SSSR count). The molecule has 0 aliphatic carbocycles. The first kappa shape index (κ1) is 16.9. The van der Waals surface area contributed by atoms with Crippen LogP contribution in [0.25, 0.3) is 0 Å². The van der Waals surface area contributed by atoms with Crippen LogP contribution in [0.5, 0.6) is 0 Å². The van der Waals surface area contributed by atoms with Crippen LogP contribution in [-0.2, 0) is 10.0 Å². The molecular weight excluding hydrogens is 298 g/mol. The first-order chi connectivity index (χ1) is 8.95. The van der Waals surface area contributed by atoms with Crippen molar-refractivity contribution in [2.45, 2.75) is 30.8 Å². The van der Waals surface area contributed by atoms with E-state index in [2.05, 4.69) is 5.32 Å². The maximum absolute atomic E-state index is 12.6. The number of hydrogen-bond acceptors (Lipinski definition) is 4. The molecule has 0 spiro atoms. The molecule has 2 atom stereocenters. The normalized spacial score (nSPS) is 23.6. The highest BCUT2D eigenvalue weighted by molar-refractivity contribution is 7.89. The molecule has 0 saturated carbocycles. The number of benzene rings is 1. The molecule has 1 aromatic carbocycles. The fraction of sp³-hybridized carbons (Fsp3) is 0.462. The van der Waals surface area contributed by atoms with Gasteiger partial charge in [-0.1, -0.05) is 6.07 Å². The minimum Gasteiger partial charge on any atom is -0.311 e. The molecule has 1 aliphatic heterocycles. The largest absolute Gasteiger partial charge is 0.311 e. The molecule has 20 heavy (non-hydrogen) atoms. The summed E-state index contributed by atoms with van der Waals surface area (Å²) in [5.41, 5.74) is 0.358. The van der Waals surface area contributed by atoms with E-state index in [1.165, 1.54) is 16.4 Å². The van der Waals surface area contributed by atoms with Crippen LogP contribution in [0, 0.1) is 11.3 Å². The Hall–Kier alpha value is -1.13. The van der Waals surface area contributed by atoms with Gasteiger partial charge in [-0.3, -0.25) is 0 Å². The van der Waals surface area contributed by atoms with Crippen molar-refractivity contribution in [1.29, 1.82) is 5.26 Å². The molecule has 1 saturated heterocycles. The zero-order chi connectivity index (χ0) is 14.0. The molecule has 0 radical (unpaired) electrons. The van der Waals surface area contributed by atoms with Gasteiger partial charge in [0.25, 0.3) is 0 Å². The topological polar surface area (TPSA) is 73.2 Å². The second kappa shape index (κ2) is 6.55. The summed E-state index contributed by atoms with van der Waals surface area (Å²) >= 11 is 0. The zero-order valence-electron chi connectivity index (χ0n) is 11.4. The van der Waals surface area contributed by atoms with E-state index in [0.717, 1.165) is 0 Å². The smallest absolute Gasteiger partial charge is 0.243 e. The third kappa shape index (κ3) is 3.30. The molecule has 1 aliphatic rings. The van der Waals surface area contributed by atoms with Crippen LogP contribution in [0.1, 0.15) is 19.4 Å². The quantitative estimate of drug-likeness (QED) is 0.894. The molecule has 0 amide bonds. The lowest BCUT2D eigenvalue weighted by Crippen LogP contribution is -2.56. The van der Waals surface area contributed by atoms with Gasteiger partial charge in [0.1, 0.15) is 0 Å². The summed E-state index contributed by atoms with van der Waals surface area (Å²) < 4.78 is 26.7. The highest BCUT2D eigenvalue weighted by Crippen LogP contribution is 2.21. The van der Waals surface area contributed by atoms with Gasteiger partial charge in [-0.25, -0.2) is 8.42 Å². The van der Waals surface area contributed by atoms with Crippen LogP contribution < -0.4 is 5.32 Å². The van der Waals surface area contributed by atoms with Gasteiger partial charge in [0, 0.05) is 25.2 Å². The second-order valence-electron chi connectivity index (χ2n) is 4.87. The van der Waals surface area contributed by atoms with Crippen molar-refractivity contribution in [1.82, 2.24) is 9.62 Å². The molecule has 1 aromatic rings. The van der Waals surface area contributed by atoms with Crippen LogP contribution in [0.15, 0.2) is 29.2 Å². The summed E-state index contributed by atoms with van der Waals surface area (Å²) in [5, 5.41) is 12.1. The SMILES string of the molecule is CC1CN(S(=O)(=O)c2cccc(C#N)c2)C(C)CN1.Cl. The van der Waals surface area contributed by atoms with Crippen molar-refractivity contribution in [2.24, 2.45) is 0 Å². The van der Waals surface area contributed by atoms with Gasteiger partial charge in [0.2, 0.25) is 10.0 Å². The Bertz CT molecular complexity index is 612. The lowest BCUT2D eigenvalue weighted by atomic mass is 10.2. The maximum atomic E-state index is 12.6. The van der Waals surface area contributed by atoms with Crippen LogP contribution in [-0.4, -0.2) is 37.9 Å². The van der Waals surface area contributed by atoms with Gasteiger partial charge in [-0.05, 0) is 32.0 Å². The molecular formula is C13H18ClN3O2S. The lowest BCUT2D eigenvalue weighted by Gasteiger charge is -2.36. The highest BCUT2D eigenvalue weighted by atomic mass is 35.5. The molecule has 2 unspecified atom stereocenters. The summed E-state index contributed by atoms with van der Waals surface area (Å²) in [6.45, 7) is 4.92. The van der Waals surface area contributed by atoms with Crippen LogP contribution in [0.4, 0.5) is 0 Å². The Morgan fingerprint density at radius 2 is 2.10 bits per heavy atom. The van der Waals surface area contributed by atoms with Crippen molar-refractivity contribution >= 4 is 22.4 Å². The predicted molar refractivity (Wildman–Crippen MR) is 79.2 cm³/mol. The first-order valence-corrected chi connectivity index (χ1v) is 7.64. The van der Waals surface area contributed by atoms with E-state index in [0.29, 0.717) is 18.7 Å². The van der Waals surface area contributed by atoms with E-state index in [-0.39, 0.29) is 29.4 Å². The summed E-state index contributed by atoms with van der Waals surface area (Å²) in [4.78, 5) is 0.188. The number of piperazine rings is 1. The van der Waals surface area contributed by atoms with E-state index >= 15 is 0 Å². The number of nitrogens with one attached hydrogen (secondary N) is 1. The monoisotopic (exact) mass is 315 g/mol. The second-order valence-corrected chi connectivity index (χ2v) is 6.76. The molecule has 1 N–H and O–H groups in total.